The highest BCUT2D eigenvalue weighted by Gasteiger charge is 2.01. The van der Waals surface area contributed by atoms with Gasteiger partial charge in [0.15, 0.2) is 0 Å². The molecule has 0 N–H and O–H groups in total. The first-order valence-corrected chi connectivity index (χ1v) is 4.54. The number of nitrogens with zero attached hydrogens (tertiary/aromatic N) is 1. The van der Waals surface area contributed by atoms with Crippen LogP contribution in [0.5, 0.6) is 0 Å². The first-order chi connectivity index (χ1) is 5.33. The van der Waals surface area contributed by atoms with Gasteiger partial charge < -0.3 is 4.79 Å². The summed E-state index contributed by atoms with van der Waals surface area (Å²) in [5, 5.41) is 3.08. The molecule has 0 aliphatic carbocycles. The van der Waals surface area contributed by atoms with Crippen LogP contribution in [0.2, 0.25) is 0 Å². The van der Waals surface area contributed by atoms with Gasteiger partial charge in [0.1, 0.15) is 6.29 Å². The third-order valence-corrected chi connectivity index (χ3v) is 2.37. The van der Waals surface area contributed by atoms with Gasteiger partial charge in [-0.25, -0.2) is 4.98 Å². The van der Waals surface area contributed by atoms with Crippen molar-refractivity contribution in [1.29, 1.82) is 0 Å². The quantitative estimate of drug-likeness (QED) is 0.644. The number of carbonyl (C=O) groups excluding carboxylic acids is 1. The molecule has 1 atom stereocenters. The topological polar surface area (TPSA) is 30.0 Å². The number of hydrogen-bond acceptors (Lipinski definition) is 3. The van der Waals surface area contributed by atoms with E-state index in [2.05, 4.69) is 4.98 Å². The highest BCUT2D eigenvalue weighted by Crippen LogP contribution is 2.09. The molecule has 60 valence electrons. The van der Waals surface area contributed by atoms with Crippen molar-refractivity contribution in [2.24, 2.45) is 5.92 Å². The van der Waals surface area contributed by atoms with Gasteiger partial charge in [-0.2, -0.15) is 0 Å². The zero-order chi connectivity index (χ0) is 8.10. The molecule has 0 saturated heterocycles. The molecule has 0 aromatic carbocycles. The van der Waals surface area contributed by atoms with Gasteiger partial charge in [-0.3, -0.25) is 0 Å². The van der Waals surface area contributed by atoms with Gasteiger partial charge in [-0.15, -0.1) is 11.3 Å². The number of rotatable bonds is 4. The fraction of sp³-hybridized carbons (Fsp3) is 0.500. The van der Waals surface area contributed by atoms with Crippen LogP contribution in [0, 0.1) is 5.92 Å². The molecule has 1 heterocycles. The third-order valence-electron chi connectivity index (χ3n) is 1.53. The number of aldehydes is 1. The molecule has 1 unspecified atom stereocenters. The zero-order valence-corrected chi connectivity index (χ0v) is 7.30. The molecule has 0 aliphatic heterocycles. The molecule has 0 fully saturated rings. The van der Waals surface area contributed by atoms with E-state index >= 15 is 0 Å². The van der Waals surface area contributed by atoms with Crippen LogP contribution < -0.4 is 0 Å². The normalized spacial score (nSPS) is 12.8. The average Bonchev–Trinajstić information content (AvgIpc) is 2.52. The molecule has 3 heteroatoms. The van der Waals surface area contributed by atoms with E-state index in [-0.39, 0.29) is 5.92 Å². The molecule has 1 aromatic rings. The first-order valence-electron chi connectivity index (χ1n) is 3.66. The monoisotopic (exact) mass is 169 g/mol. The number of hydrogen-bond donors (Lipinski definition) is 0. The fourth-order valence-electron chi connectivity index (χ4n) is 0.796. The Hall–Kier alpha value is -0.700. The molecule has 11 heavy (non-hydrogen) atoms. The van der Waals surface area contributed by atoms with E-state index in [4.69, 9.17) is 0 Å². The van der Waals surface area contributed by atoms with Crippen LogP contribution >= 0.6 is 11.3 Å². The predicted molar refractivity (Wildman–Crippen MR) is 45.7 cm³/mol. The SMILES string of the molecule is CC(C=O)CCc1nccs1. The molecule has 0 radical (unpaired) electrons. The summed E-state index contributed by atoms with van der Waals surface area (Å²) in [5.74, 6) is 0.166. The summed E-state index contributed by atoms with van der Waals surface area (Å²) >= 11 is 1.65. The summed E-state index contributed by atoms with van der Waals surface area (Å²) in [6, 6.07) is 0. The summed E-state index contributed by atoms with van der Waals surface area (Å²) in [4.78, 5) is 14.4. The second-order valence-electron chi connectivity index (χ2n) is 2.58. The van der Waals surface area contributed by atoms with Gasteiger partial charge in [0.25, 0.3) is 0 Å². The summed E-state index contributed by atoms with van der Waals surface area (Å²) in [7, 11) is 0. The van der Waals surface area contributed by atoms with Crippen LogP contribution in [0.15, 0.2) is 11.6 Å². The Kier molecular flexibility index (Phi) is 3.23. The van der Waals surface area contributed by atoms with E-state index in [0.29, 0.717) is 0 Å². The maximum absolute atomic E-state index is 10.2. The maximum atomic E-state index is 10.2. The van der Waals surface area contributed by atoms with E-state index < -0.39 is 0 Å². The lowest BCUT2D eigenvalue weighted by Gasteiger charge is -1.98. The van der Waals surface area contributed by atoms with Gasteiger partial charge in [-0.05, 0) is 12.8 Å². The van der Waals surface area contributed by atoms with Gasteiger partial charge in [-0.1, -0.05) is 6.92 Å². The molecule has 1 rings (SSSR count). The largest absolute Gasteiger partial charge is 0.303 e. The minimum atomic E-state index is 0.166. The standard InChI is InChI=1S/C8H11NOS/c1-7(6-10)2-3-8-9-4-5-11-8/h4-7H,2-3H2,1H3. The van der Waals surface area contributed by atoms with Gasteiger partial charge in [0, 0.05) is 17.5 Å². The molecule has 2 nitrogen and oxygen atoms in total. The van der Waals surface area contributed by atoms with Crippen molar-refractivity contribution in [3.8, 4) is 0 Å². The first kappa shape index (κ1) is 8.40. The number of carbonyl (C=O) groups is 1. The summed E-state index contributed by atoms with van der Waals surface area (Å²) in [5.41, 5.74) is 0. The van der Waals surface area contributed by atoms with Crippen molar-refractivity contribution in [3.05, 3.63) is 16.6 Å². The molecule has 0 saturated carbocycles. The van der Waals surface area contributed by atoms with Crippen molar-refractivity contribution < 1.29 is 4.79 Å². The average molecular weight is 169 g/mol. The fourth-order valence-corrected chi connectivity index (χ4v) is 1.43. The summed E-state index contributed by atoms with van der Waals surface area (Å²) < 4.78 is 0. The van der Waals surface area contributed by atoms with E-state index in [1.807, 2.05) is 12.3 Å². The summed E-state index contributed by atoms with van der Waals surface area (Å²) in [6.45, 7) is 1.93. The Balaban J connectivity index is 2.28. The molecule has 0 spiro atoms. The Morgan fingerprint density at radius 1 is 1.82 bits per heavy atom. The Morgan fingerprint density at radius 2 is 2.64 bits per heavy atom. The van der Waals surface area contributed by atoms with Gasteiger partial charge in [0.2, 0.25) is 0 Å². The summed E-state index contributed by atoms with van der Waals surface area (Å²) in [6.07, 6.45) is 4.63. The zero-order valence-electron chi connectivity index (χ0n) is 6.49. The molecular formula is C8H11NOS. The number of aryl methyl sites for hydroxylation is 1. The number of aromatic nitrogens is 1. The van der Waals surface area contributed by atoms with E-state index in [0.717, 1.165) is 24.1 Å². The van der Waals surface area contributed by atoms with Gasteiger partial charge >= 0.3 is 0 Å². The van der Waals surface area contributed by atoms with Crippen molar-refractivity contribution in [2.45, 2.75) is 19.8 Å². The lowest BCUT2D eigenvalue weighted by Crippen LogP contribution is -1.97. The van der Waals surface area contributed by atoms with Crippen LogP contribution in [-0.4, -0.2) is 11.3 Å². The Morgan fingerprint density at radius 3 is 3.18 bits per heavy atom. The van der Waals surface area contributed by atoms with E-state index in [1.54, 1.807) is 17.5 Å². The van der Waals surface area contributed by atoms with Crippen LogP contribution in [-0.2, 0) is 11.2 Å². The van der Waals surface area contributed by atoms with Crippen LogP contribution in [0.3, 0.4) is 0 Å². The van der Waals surface area contributed by atoms with Crippen molar-refractivity contribution in [2.75, 3.05) is 0 Å². The van der Waals surface area contributed by atoms with E-state index in [9.17, 15) is 4.79 Å². The van der Waals surface area contributed by atoms with Crippen molar-refractivity contribution in [1.82, 2.24) is 4.98 Å². The van der Waals surface area contributed by atoms with Gasteiger partial charge in [0.05, 0.1) is 5.01 Å². The minimum Gasteiger partial charge on any atom is -0.303 e. The molecule has 1 aromatic heterocycles. The van der Waals surface area contributed by atoms with Crippen LogP contribution in [0.4, 0.5) is 0 Å². The lowest BCUT2D eigenvalue weighted by molar-refractivity contribution is -0.110. The Labute approximate surface area is 70.3 Å². The predicted octanol–water partition coefficient (Wildman–Crippen LogP) is 1.91. The van der Waals surface area contributed by atoms with Crippen LogP contribution in [0.25, 0.3) is 0 Å². The lowest BCUT2D eigenvalue weighted by atomic mass is 10.1. The molecule has 0 amide bonds. The van der Waals surface area contributed by atoms with Crippen molar-refractivity contribution in [3.63, 3.8) is 0 Å². The Bertz CT molecular complexity index is 208. The smallest absolute Gasteiger partial charge is 0.122 e. The number of thiazole rings is 1. The van der Waals surface area contributed by atoms with E-state index in [1.165, 1.54) is 0 Å². The highest BCUT2D eigenvalue weighted by atomic mass is 32.1. The molecule has 0 bridgehead atoms. The third kappa shape index (κ3) is 2.80. The second-order valence-corrected chi connectivity index (χ2v) is 3.56. The highest BCUT2D eigenvalue weighted by molar-refractivity contribution is 7.09. The molecular weight excluding hydrogens is 158 g/mol. The van der Waals surface area contributed by atoms with Crippen LogP contribution in [0.1, 0.15) is 18.4 Å². The minimum absolute atomic E-state index is 0.166. The van der Waals surface area contributed by atoms with Crippen molar-refractivity contribution >= 4 is 17.6 Å². The molecule has 0 aliphatic rings. The maximum Gasteiger partial charge on any atom is 0.122 e. The second kappa shape index (κ2) is 4.23.